The van der Waals surface area contributed by atoms with Crippen LogP contribution in [0.3, 0.4) is 0 Å². The van der Waals surface area contributed by atoms with E-state index in [1.165, 1.54) is 12.8 Å². The molecule has 0 spiro atoms. The van der Waals surface area contributed by atoms with Gasteiger partial charge in [0.2, 0.25) is 0 Å². The summed E-state index contributed by atoms with van der Waals surface area (Å²) in [4.78, 5) is 0. The van der Waals surface area contributed by atoms with Crippen molar-refractivity contribution in [2.45, 2.75) is 26.7 Å². The van der Waals surface area contributed by atoms with Crippen molar-refractivity contribution in [3.05, 3.63) is 0 Å². The first-order valence-corrected chi connectivity index (χ1v) is 1.91. The van der Waals surface area contributed by atoms with Gasteiger partial charge in [-0.15, -0.1) is 0 Å². The van der Waals surface area contributed by atoms with Crippen molar-refractivity contribution in [2.75, 3.05) is 0 Å². The van der Waals surface area contributed by atoms with Gasteiger partial charge in [-0.25, -0.2) is 0 Å². The van der Waals surface area contributed by atoms with Crippen LogP contribution in [0.1, 0.15) is 26.7 Å². The summed E-state index contributed by atoms with van der Waals surface area (Å²) in [6.07, 6.45) is 2.64. The third kappa shape index (κ3) is 13.2. The van der Waals surface area contributed by atoms with Crippen LogP contribution in [0.4, 0.5) is 0 Å². The van der Waals surface area contributed by atoms with Crippen molar-refractivity contribution < 1.29 is 0 Å². The fourth-order valence-corrected chi connectivity index (χ4v) is 0. The Morgan fingerprint density at radius 1 is 1.00 bits per heavy atom. The van der Waals surface area contributed by atoms with Crippen LogP contribution in [0.2, 0.25) is 0 Å². The first kappa shape index (κ1) is 9.02. The summed E-state index contributed by atoms with van der Waals surface area (Å²) >= 11 is 0. The molecular weight excluding hydrogens is 80.1 g/mol. The van der Waals surface area contributed by atoms with E-state index in [1.54, 1.807) is 0 Å². The number of rotatable bonds is 1. The molecule has 0 aliphatic carbocycles. The lowest BCUT2D eigenvalue weighted by molar-refractivity contribution is 0.886. The quantitative estimate of drug-likeness (QED) is 0.463. The van der Waals surface area contributed by atoms with Gasteiger partial charge in [-0.2, -0.15) is 13.5 Å². The van der Waals surface area contributed by atoms with E-state index in [2.05, 4.69) is 13.8 Å². The lowest BCUT2D eigenvalue weighted by Crippen LogP contribution is -1.47. The Bertz CT molecular complexity index is 5.61. The fourth-order valence-electron chi connectivity index (χ4n) is 0. The summed E-state index contributed by atoms with van der Waals surface area (Å²) in [6.45, 7) is 4.36. The van der Waals surface area contributed by atoms with E-state index in [4.69, 9.17) is 0 Å². The third-order valence-electron chi connectivity index (χ3n) is 0.500. The number of hydrogen-bond donors (Lipinski definition) is 0. The minimum absolute atomic E-state index is 0. The van der Waals surface area contributed by atoms with E-state index in [-0.39, 0.29) is 13.5 Å². The molecule has 0 aliphatic heterocycles. The van der Waals surface area contributed by atoms with Crippen molar-refractivity contribution >= 4 is 13.5 Å². The van der Waals surface area contributed by atoms with Gasteiger partial charge in [0.05, 0.1) is 0 Å². The Balaban J connectivity index is 0. The maximum Gasteiger partial charge on any atom is -0.0564 e. The maximum absolute atomic E-state index is 2.18. The largest absolute Gasteiger partial charge is 0.197 e. The predicted molar refractivity (Wildman–Crippen MR) is 31.0 cm³/mol. The van der Waals surface area contributed by atoms with E-state index in [9.17, 15) is 0 Å². The highest BCUT2D eigenvalue weighted by molar-refractivity contribution is 7.59. The average Bonchev–Trinajstić information content (AvgIpc) is 1.37. The molecule has 0 aliphatic rings. The highest BCUT2D eigenvalue weighted by Gasteiger charge is 1.56. The molecule has 0 N–H and O–H groups in total. The third-order valence-corrected chi connectivity index (χ3v) is 0.500. The highest BCUT2D eigenvalue weighted by atomic mass is 32.1. The minimum Gasteiger partial charge on any atom is -0.197 e. The van der Waals surface area contributed by atoms with Gasteiger partial charge in [-0.05, 0) is 0 Å². The van der Waals surface area contributed by atoms with Crippen LogP contribution in [-0.2, 0) is 0 Å². The smallest absolute Gasteiger partial charge is 0.0564 e. The topological polar surface area (TPSA) is 0 Å². The van der Waals surface area contributed by atoms with Gasteiger partial charge in [0.25, 0.3) is 0 Å². The lowest BCUT2D eigenvalue weighted by atomic mass is 10.4. The molecule has 0 atom stereocenters. The molecule has 0 aromatic carbocycles. The molecule has 0 aromatic heterocycles. The molecule has 34 valence electrons. The molecule has 0 rings (SSSR count). The molecule has 0 radical (unpaired) electrons. The van der Waals surface area contributed by atoms with Crippen molar-refractivity contribution in [2.24, 2.45) is 0 Å². The second-order valence-electron chi connectivity index (χ2n) is 1.000. The standard InChI is InChI=1S/C4H10.H2S/c1-3-4-2;/h3-4H2,1-2H3;1H2. The zero-order chi connectivity index (χ0) is 3.41. The summed E-state index contributed by atoms with van der Waals surface area (Å²) in [7, 11) is 0. The molecule has 0 heterocycles. The summed E-state index contributed by atoms with van der Waals surface area (Å²) in [5.41, 5.74) is 0. The van der Waals surface area contributed by atoms with Gasteiger partial charge in [0.15, 0.2) is 0 Å². The second-order valence-corrected chi connectivity index (χ2v) is 1.000. The SMILES string of the molecule is CCCC.S. The first-order chi connectivity index (χ1) is 1.91. The van der Waals surface area contributed by atoms with Gasteiger partial charge in [0.1, 0.15) is 0 Å². The molecule has 5 heavy (non-hydrogen) atoms. The molecule has 0 saturated carbocycles. The lowest BCUT2D eigenvalue weighted by Gasteiger charge is -1.68. The molecule has 0 aromatic rings. The summed E-state index contributed by atoms with van der Waals surface area (Å²) < 4.78 is 0. The minimum atomic E-state index is 0. The summed E-state index contributed by atoms with van der Waals surface area (Å²) in [5, 5.41) is 0. The van der Waals surface area contributed by atoms with E-state index >= 15 is 0 Å². The number of unbranched alkanes of at least 4 members (excludes halogenated alkanes) is 1. The molecule has 0 saturated heterocycles. The highest BCUT2D eigenvalue weighted by Crippen LogP contribution is 1.76. The van der Waals surface area contributed by atoms with Gasteiger partial charge in [-0.1, -0.05) is 26.7 Å². The van der Waals surface area contributed by atoms with Crippen LogP contribution in [0.25, 0.3) is 0 Å². The average molecular weight is 92.2 g/mol. The Labute approximate surface area is 41.0 Å². The summed E-state index contributed by atoms with van der Waals surface area (Å²) in [6, 6.07) is 0. The fraction of sp³-hybridized carbons (Fsp3) is 1.00. The van der Waals surface area contributed by atoms with Crippen LogP contribution in [0, 0.1) is 0 Å². The number of hydrogen-bond acceptors (Lipinski definition) is 0. The molecule has 0 unspecified atom stereocenters. The zero-order valence-electron chi connectivity index (χ0n) is 3.91. The van der Waals surface area contributed by atoms with E-state index in [1.807, 2.05) is 0 Å². The van der Waals surface area contributed by atoms with Crippen LogP contribution in [-0.4, -0.2) is 0 Å². The summed E-state index contributed by atoms with van der Waals surface area (Å²) in [5.74, 6) is 0. The van der Waals surface area contributed by atoms with Crippen molar-refractivity contribution in [1.82, 2.24) is 0 Å². The van der Waals surface area contributed by atoms with E-state index < -0.39 is 0 Å². The molecule has 0 amide bonds. The van der Waals surface area contributed by atoms with Crippen LogP contribution in [0.5, 0.6) is 0 Å². The van der Waals surface area contributed by atoms with Crippen molar-refractivity contribution in [3.8, 4) is 0 Å². The normalized spacial score (nSPS) is 6.00. The van der Waals surface area contributed by atoms with Crippen LogP contribution in [0.15, 0.2) is 0 Å². The monoisotopic (exact) mass is 92.1 g/mol. The Kier molecular flexibility index (Phi) is 15.9. The van der Waals surface area contributed by atoms with Crippen molar-refractivity contribution in [1.29, 1.82) is 0 Å². The Morgan fingerprint density at radius 2 is 1.20 bits per heavy atom. The molecule has 0 bridgehead atoms. The predicted octanol–water partition coefficient (Wildman–Crippen LogP) is 1.92. The maximum atomic E-state index is 2.18. The van der Waals surface area contributed by atoms with Crippen LogP contribution < -0.4 is 0 Å². The molecule has 0 fully saturated rings. The Morgan fingerprint density at radius 3 is 1.20 bits per heavy atom. The molecule has 1 heteroatoms. The Hall–Kier alpha value is 0.350. The second kappa shape index (κ2) is 8.84. The molecule has 0 nitrogen and oxygen atoms in total. The van der Waals surface area contributed by atoms with Crippen molar-refractivity contribution in [3.63, 3.8) is 0 Å². The van der Waals surface area contributed by atoms with Gasteiger partial charge in [-0.3, -0.25) is 0 Å². The van der Waals surface area contributed by atoms with Gasteiger partial charge >= 0.3 is 0 Å². The van der Waals surface area contributed by atoms with Gasteiger partial charge in [0, 0.05) is 0 Å². The van der Waals surface area contributed by atoms with Crippen LogP contribution >= 0.6 is 13.5 Å². The zero-order valence-corrected chi connectivity index (χ0v) is 4.91. The van der Waals surface area contributed by atoms with Gasteiger partial charge < -0.3 is 0 Å². The molecular formula is C4H12S. The van der Waals surface area contributed by atoms with E-state index in [0.717, 1.165) is 0 Å². The first-order valence-electron chi connectivity index (χ1n) is 1.91. The van der Waals surface area contributed by atoms with E-state index in [0.29, 0.717) is 0 Å².